The molecule has 0 bridgehead atoms. The van der Waals surface area contributed by atoms with Crippen molar-refractivity contribution in [2.24, 2.45) is 17.2 Å². The van der Waals surface area contributed by atoms with Crippen molar-refractivity contribution in [1.82, 2.24) is 73.2 Å². The van der Waals surface area contributed by atoms with E-state index in [9.17, 15) is 102 Å². The average Bonchev–Trinajstić information content (AvgIpc) is 1.69. The average molecular weight is 1570 g/mol. The van der Waals surface area contributed by atoms with Crippen LogP contribution in [0.4, 0.5) is 0 Å². The summed E-state index contributed by atoms with van der Waals surface area (Å²) in [6.45, 7) is 0.507. The van der Waals surface area contributed by atoms with Gasteiger partial charge in [-0.3, -0.25) is 81.5 Å². The molecule has 0 spiro atoms. The smallest absolute Gasteiger partial charge is 0.305 e. The van der Waals surface area contributed by atoms with Gasteiger partial charge in [0.2, 0.25) is 94.5 Å². The number of benzene rings is 2. The van der Waals surface area contributed by atoms with Gasteiger partial charge in [0.1, 0.15) is 90.3 Å². The summed E-state index contributed by atoms with van der Waals surface area (Å²) in [6.07, 6.45) is -3.31. The number of carbonyl (C=O) groups is 17. The molecule has 4 unspecified atom stereocenters. The number of carbonyl (C=O) groups excluding carboxylic acids is 16. The topological polar surface area (TPSA) is 591 Å². The molecule has 38 nitrogen and oxygen atoms in total. The minimum Gasteiger partial charge on any atom is -0.508 e. The maximum Gasteiger partial charge on any atom is 0.305 e. The number of aliphatic hydroxyl groups excluding tert-OH is 2. The van der Waals surface area contributed by atoms with E-state index in [1.165, 1.54) is 41.0 Å². The molecule has 42 heteroatoms. The molecule has 0 aliphatic carbocycles. The zero-order valence-corrected chi connectivity index (χ0v) is 61.7. The van der Waals surface area contributed by atoms with Crippen LogP contribution >= 0.6 is 46.8 Å². The summed E-state index contributed by atoms with van der Waals surface area (Å²) in [5.41, 5.74) is 17.3. The Balaban J connectivity index is 1.25. The van der Waals surface area contributed by atoms with Crippen LogP contribution in [0.15, 0.2) is 54.6 Å². The van der Waals surface area contributed by atoms with Crippen LogP contribution in [0, 0.1) is 0 Å². The van der Waals surface area contributed by atoms with Gasteiger partial charge >= 0.3 is 5.97 Å². The predicted octanol–water partition coefficient (Wildman–Crippen LogP) is -8.08. The van der Waals surface area contributed by atoms with Crippen molar-refractivity contribution in [1.29, 1.82) is 0 Å². The molecule has 4 heterocycles. The number of thiol groups is 2. The number of nitrogens with one attached hydrogen (secondary N) is 11. The molecule has 15 atom stereocenters. The van der Waals surface area contributed by atoms with Gasteiger partial charge in [-0.05, 0) is 75.6 Å². The molecule has 4 aliphatic rings. The molecule has 0 aromatic heterocycles. The standard InChI is InChI=1S/C65H91N17O21S4/c1-31(53(91)79-51(32(2)84)62(100)74-39(23-48(67)86)64(102)80-18-6-11-45(80)60(98)72-37(24-50(88)89)55(93)76-41(27-104)52(68)90)69-54(92)36(21-33-9-4-3-5-10-33)71-59(97)44-30-107-106-29-43(70-49(87)25-66)58(96)77-42(28-105)57(95)75-40(26-83)56(94)73-38(22-34-14-16-35(85)17-15-34)63(101)82-20-8-13-47(82)65(103)81-19-7-12-46(81)61(99)78-44/h3-5,9-10,14-17,31-32,36-47,51,83-85,104-105H,6-8,11-13,18-30,66H2,1-2H3,(H2,67,86)(H2,68,90)(H,69,92)(H,70,87)(H,71,97)(H,72,98)(H,73,94)(H,74,100)(H,75,95)(H,76,93)(H,77,96)(H,78,99)(H,79,91)(H,88,89)/t31-,32+,36-,37-,38?,39-,40-,41-,42?,43?,44?,45-,46-,47-,51-/m0/s1. The summed E-state index contributed by atoms with van der Waals surface area (Å²) in [4.78, 5) is 237. The predicted molar refractivity (Wildman–Crippen MR) is 389 cm³/mol. The van der Waals surface area contributed by atoms with Gasteiger partial charge in [0, 0.05) is 55.5 Å². The van der Waals surface area contributed by atoms with Gasteiger partial charge in [0.15, 0.2) is 0 Å². The molecule has 107 heavy (non-hydrogen) atoms. The van der Waals surface area contributed by atoms with Crippen LogP contribution in [0.5, 0.6) is 5.75 Å². The third-order valence-corrected chi connectivity index (χ3v) is 20.9. The van der Waals surface area contributed by atoms with Gasteiger partial charge in [-0.2, -0.15) is 25.3 Å². The Labute approximate surface area is 632 Å². The number of likely N-dealkylation sites (tertiary alicyclic amines) is 1. The summed E-state index contributed by atoms with van der Waals surface area (Å²) in [7, 11) is 1.79. The molecule has 4 aliphatic heterocycles. The van der Waals surface area contributed by atoms with E-state index >= 15 is 0 Å². The molecule has 0 saturated carbocycles. The van der Waals surface area contributed by atoms with Crippen LogP contribution < -0.4 is 75.7 Å². The zero-order chi connectivity index (χ0) is 78.9. The number of aromatic hydroxyl groups is 1. The molecule has 4 fully saturated rings. The molecule has 0 radical (unpaired) electrons. The number of primary amides is 2. The quantitative estimate of drug-likeness (QED) is 0.0278. The minimum absolute atomic E-state index is 0.0157. The Kier molecular flexibility index (Phi) is 33.6. The highest BCUT2D eigenvalue weighted by molar-refractivity contribution is 8.76. The number of hydrogen-bond acceptors (Lipinski definition) is 25. The van der Waals surface area contributed by atoms with E-state index in [4.69, 9.17) is 17.2 Å². The minimum atomic E-state index is -1.96. The SMILES string of the molecule is C[C@H](NC(=O)[C@H](Cc1ccccc1)NC(=O)C1CSSCC(NC(=O)CN)C(=O)NC(CS)C(=O)N[C@@H](CO)C(=O)NC(Cc2ccc(O)cc2)C(=O)N2CCC[C@H]2C(=O)N2CCC[C@H]2C(=O)N1)C(=O)N[C@H](C(=O)N[C@@H](CC(N)=O)C(=O)N1CCC[C@H]1C(=O)N[C@@H](CC(=O)O)C(=O)N[C@@H](CS)C(N)=O)[C@@H](C)O. The molecular weight excluding hydrogens is 1480 g/mol. The molecular formula is C65H91N17O21S4. The van der Waals surface area contributed by atoms with Crippen LogP contribution in [0.1, 0.15) is 76.3 Å². The summed E-state index contributed by atoms with van der Waals surface area (Å²) in [6, 6.07) is -8.07. The number of carboxylic acids is 1. The maximum absolute atomic E-state index is 15.0. The first-order valence-corrected chi connectivity index (χ1v) is 37.9. The lowest BCUT2D eigenvalue weighted by molar-refractivity contribution is -0.148. The summed E-state index contributed by atoms with van der Waals surface area (Å²) >= 11 is 8.17. The third kappa shape index (κ3) is 25.0. The van der Waals surface area contributed by atoms with E-state index in [-0.39, 0.29) is 87.6 Å². The van der Waals surface area contributed by atoms with Crippen molar-refractivity contribution >= 4 is 147 Å². The monoisotopic (exact) mass is 1570 g/mol. The van der Waals surface area contributed by atoms with Crippen molar-refractivity contribution in [3.63, 3.8) is 0 Å². The highest BCUT2D eigenvalue weighted by Crippen LogP contribution is 2.29. The van der Waals surface area contributed by atoms with Crippen molar-refractivity contribution in [2.45, 2.75) is 169 Å². The number of nitrogens with zero attached hydrogens (tertiary/aromatic N) is 3. The second kappa shape index (κ2) is 41.6. The lowest BCUT2D eigenvalue weighted by atomic mass is 10.0. The number of fused-ring (bicyclic) bond motifs is 2. The number of hydrogen-bond donors (Lipinski definition) is 20. The lowest BCUT2D eigenvalue weighted by Crippen LogP contribution is -2.62. The Hall–Kier alpha value is -9.49. The second-order valence-corrected chi connectivity index (χ2v) is 29.0. The Morgan fingerprint density at radius 1 is 0.607 bits per heavy atom. The van der Waals surface area contributed by atoms with Crippen LogP contribution in [-0.2, 0) is 94.3 Å². The molecule has 2 aromatic carbocycles. The van der Waals surface area contributed by atoms with Crippen LogP contribution in [-0.4, -0.2) is 282 Å². The number of aliphatic hydroxyl groups is 2. The highest BCUT2D eigenvalue weighted by Gasteiger charge is 2.46. The van der Waals surface area contributed by atoms with Crippen molar-refractivity contribution in [2.75, 3.05) is 55.8 Å². The Morgan fingerprint density at radius 3 is 1.80 bits per heavy atom. The molecule has 21 N–H and O–H groups in total. The van der Waals surface area contributed by atoms with Gasteiger partial charge in [0.25, 0.3) is 0 Å². The second-order valence-electron chi connectivity index (χ2n) is 25.7. The summed E-state index contributed by atoms with van der Waals surface area (Å²) in [5.74, 6) is -18.9. The molecule has 6 rings (SSSR count). The van der Waals surface area contributed by atoms with Gasteiger partial charge in [-0.15, -0.1) is 0 Å². The fourth-order valence-corrected chi connectivity index (χ4v) is 14.9. The van der Waals surface area contributed by atoms with Gasteiger partial charge in [-0.25, -0.2) is 0 Å². The van der Waals surface area contributed by atoms with Crippen LogP contribution in [0.2, 0.25) is 0 Å². The first-order valence-electron chi connectivity index (χ1n) is 34.1. The van der Waals surface area contributed by atoms with E-state index in [0.717, 1.165) is 33.4 Å². The van der Waals surface area contributed by atoms with E-state index in [1.807, 2.05) is 0 Å². The Morgan fingerprint density at radius 2 is 1.20 bits per heavy atom. The van der Waals surface area contributed by atoms with E-state index in [2.05, 4.69) is 83.7 Å². The Bertz CT molecular complexity index is 3610. The normalized spacial score (nSPS) is 23.2. The first kappa shape index (κ1) is 86.4. The van der Waals surface area contributed by atoms with Gasteiger partial charge in [-0.1, -0.05) is 64.1 Å². The molecule has 586 valence electrons. The van der Waals surface area contributed by atoms with Crippen molar-refractivity contribution in [3.05, 3.63) is 65.7 Å². The number of phenolic OH excluding ortho intramolecular Hbond substituents is 1. The zero-order valence-electron chi connectivity index (χ0n) is 58.3. The van der Waals surface area contributed by atoms with Gasteiger partial charge < -0.3 is 111 Å². The number of amides is 16. The number of carboxylic acid groups (broad SMARTS) is 1. The van der Waals surface area contributed by atoms with E-state index in [1.54, 1.807) is 30.3 Å². The first-order chi connectivity index (χ1) is 50.8. The van der Waals surface area contributed by atoms with Crippen molar-refractivity contribution in [3.8, 4) is 5.75 Å². The van der Waals surface area contributed by atoms with Crippen LogP contribution in [0.25, 0.3) is 0 Å². The summed E-state index contributed by atoms with van der Waals surface area (Å²) < 4.78 is 0. The highest BCUT2D eigenvalue weighted by atomic mass is 33.1. The number of nitrogens with two attached hydrogens (primary N) is 3. The number of phenols is 1. The molecule has 2 aromatic rings. The van der Waals surface area contributed by atoms with Crippen LogP contribution in [0.3, 0.4) is 0 Å². The van der Waals surface area contributed by atoms with Gasteiger partial charge in [0.05, 0.1) is 32.1 Å². The molecule has 4 saturated heterocycles. The summed E-state index contributed by atoms with van der Waals surface area (Å²) in [5, 5.41) is 67.7. The lowest BCUT2D eigenvalue weighted by Gasteiger charge is -2.33. The number of aliphatic carboxylic acids is 1. The fraction of sp³-hybridized carbons (Fsp3) is 0.554. The largest absolute Gasteiger partial charge is 0.508 e. The van der Waals surface area contributed by atoms with E-state index < -0.39 is 223 Å². The molecule has 16 amide bonds. The number of rotatable bonds is 28. The van der Waals surface area contributed by atoms with E-state index in [0.29, 0.717) is 17.5 Å². The maximum atomic E-state index is 15.0. The fourth-order valence-electron chi connectivity index (χ4n) is 12.1. The van der Waals surface area contributed by atoms with Crippen molar-refractivity contribution < 1.29 is 102 Å². The third-order valence-electron chi connectivity index (χ3n) is 17.7.